The number of fused-ring (bicyclic) bond motifs is 1. The van der Waals surface area contributed by atoms with Crippen LogP contribution in [0.25, 0.3) is 11.0 Å². The molecule has 0 aliphatic carbocycles. The molecule has 0 spiro atoms. The zero-order chi connectivity index (χ0) is 8.39. The lowest BCUT2D eigenvalue weighted by molar-refractivity contribution is 0.989. The van der Waals surface area contributed by atoms with Gasteiger partial charge < -0.3 is 0 Å². The highest BCUT2D eigenvalue weighted by atomic mass is 15.1. The smallest absolute Gasteiger partial charge is 0.185 e. The van der Waals surface area contributed by atoms with Gasteiger partial charge in [0, 0.05) is 5.39 Å². The fourth-order valence-electron chi connectivity index (χ4n) is 1.15. The first kappa shape index (κ1) is 7.09. The van der Waals surface area contributed by atoms with Crippen LogP contribution in [0.1, 0.15) is 12.6 Å². The first-order valence-corrected chi connectivity index (χ1v) is 3.83. The third-order valence-electron chi connectivity index (χ3n) is 1.74. The van der Waals surface area contributed by atoms with E-state index in [1.54, 1.807) is 6.20 Å². The van der Waals surface area contributed by atoms with Gasteiger partial charge in [-0.05, 0) is 12.5 Å². The largest absolute Gasteiger partial charge is 0.241 e. The van der Waals surface area contributed by atoms with Gasteiger partial charge in [-0.15, -0.1) is 5.10 Å². The Kier molecular flexibility index (Phi) is 1.66. The van der Waals surface area contributed by atoms with E-state index in [9.17, 15) is 0 Å². The van der Waals surface area contributed by atoms with E-state index < -0.39 is 0 Å². The number of nitrogens with zero attached hydrogens (tertiary/aromatic N) is 4. The Balaban J connectivity index is 2.79. The molecule has 0 atom stereocenters. The summed E-state index contributed by atoms with van der Waals surface area (Å²) in [5.74, 6) is 0. The first-order valence-electron chi connectivity index (χ1n) is 3.83. The highest BCUT2D eigenvalue weighted by molar-refractivity contribution is 5.75. The number of aryl methyl sites for hydroxylation is 1. The van der Waals surface area contributed by atoms with Gasteiger partial charge in [0.15, 0.2) is 5.65 Å². The quantitative estimate of drug-likeness (QED) is 0.624. The van der Waals surface area contributed by atoms with Crippen LogP contribution in [0.3, 0.4) is 0 Å². The first-order chi connectivity index (χ1) is 5.92. The normalized spacial score (nSPS) is 10.4. The van der Waals surface area contributed by atoms with E-state index in [0.29, 0.717) is 5.65 Å². The van der Waals surface area contributed by atoms with Crippen LogP contribution in [-0.4, -0.2) is 20.2 Å². The van der Waals surface area contributed by atoms with Crippen LogP contribution in [0.4, 0.5) is 0 Å². The van der Waals surface area contributed by atoms with Gasteiger partial charge in [0.2, 0.25) is 0 Å². The van der Waals surface area contributed by atoms with E-state index in [0.717, 1.165) is 17.5 Å². The molecule has 60 valence electrons. The minimum Gasteiger partial charge on any atom is -0.241 e. The van der Waals surface area contributed by atoms with Crippen molar-refractivity contribution in [3.63, 3.8) is 0 Å². The molecule has 2 rings (SSSR count). The van der Waals surface area contributed by atoms with Crippen LogP contribution >= 0.6 is 0 Å². The summed E-state index contributed by atoms with van der Waals surface area (Å²) in [7, 11) is 0. The maximum atomic E-state index is 4.15. The molecule has 0 aromatic carbocycles. The van der Waals surface area contributed by atoms with Crippen LogP contribution in [0.5, 0.6) is 0 Å². The van der Waals surface area contributed by atoms with Gasteiger partial charge in [0.25, 0.3) is 0 Å². The fourth-order valence-corrected chi connectivity index (χ4v) is 1.15. The van der Waals surface area contributed by atoms with Crippen molar-refractivity contribution in [3.8, 4) is 0 Å². The zero-order valence-electron chi connectivity index (χ0n) is 6.73. The molecule has 0 aliphatic heterocycles. The van der Waals surface area contributed by atoms with Crippen LogP contribution in [0.15, 0.2) is 18.6 Å². The Labute approximate surface area is 69.7 Å². The highest BCUT2D eigenvalue weighted by Crippen LogP contribution is 2.10. The number of rotatable bonds is 1. The van der Waals surface area contributed by atoms with Crippen molar-refractivity contribution in [1.82, 2.24) is 20.2 Å². The number of aromatic nitrogens is 4. The average molecular weight is 160 g/mol. The lowest BCUT2D eigenvalue weighted by atomic mass is 10.2. The van der Waals surface area contributed by atoms with E-state index in [4.69, 9.17) is 0 Å². The van der Waals surface area contributed by atoms with Crippen molar-refractivity contribution in [1.29, 1.82) is 0 Å². The summed E-state index contributed by atoms with van der Waals surface area (Å²) in [6, 6.07) is 1.89. The number of hydrogen-bond acceptors (Lipinski definition) is 4. The summed E-state index contributed by atoms with van der Waals surface area (Å²) in [5.41, 5.74) is 1.69. The van der Waals surface area contributed by atoms with E-state index in [-0.39, 0.29) is 0 Å². The number of hydrogen-bond donors (Lipinski definition) is 0. The second-order valence-electron chi connectivity index (χ2n) is 2.44. The molecule has 0 aliphatic rings. The van der Waals surface area contributed by atoms with Crippen molar-refractivity contribution in [2.75, 3.05) is 0 Å². The molecule has 4 nitrogen and oxygen atoms in total. The zero-order valence-corrected chi connectivity index (χ0v) is 6.73. The van der Waals surface area contributed by atoms with Crippen molar-refractivity contribution >= 4 is 11.0 Å². The molecule has 0 fully saturated rings. The highest BCUT2D eigenvalue weighted by Gasteiger charge is 2.00. The molecule has 12 heavy (non-hydrogen) atoms. The Morgan fingerprint density at radius 1 is 1.33 bits per heavy atom. The lowest BCUT2D eigenvalue weighted by Crippen LogP contribution is -1.94. The minimum absolute atomic E-state index is 0.671. The minimum atomic E-state index is 0.671. The Morgan fingerprint density at radius 2 is 2.25 bits per heavy atom. The standard InChI is InChI=1S/C8H8N4/c1-2-7-6-3-4-11-12-8(6)10-5-9-7/h3-5H,2H2,1H3. The van der Waals surface area contributed by atoms with Crippen molar-refractivity contribution in [2.45, 2.75) is 13.3 Å². The average Bonchev–Trinajstić information content (AvgIpc) is 2.17. The van der Waals surface area contributed by atoms with Crippen molar-refractivity contribution < 1.29 is 0 Å². The Morgan fingerprint density at radius 3 is 3.08 bits per heavy atom. The van der Waals surface area contributed by atoms with Gasteiger partial charge in [-0.2, -0.15) is 5.10 Å². The van der Waals surface area contributed by atoms with Crippen LogP contribution < -0.4 is 0 Å². The predicted octanol–water partition coefficient (Wildman–Crippen LogP) is 0.982. The third kappa shape index (κ3) is 1.01. The molecule has 0 N–H and O–H groups in total. The Hall–Kier alpha value is -1.58. The van der Waals surface area contributed by atoms with Crippen LogP contribution in [-0.2, 0) is 6.42 Å². The van der Waals surface area contributed by atoms with Gasteiger partial charge in [-0.25, -0.2) is 9.97 Å². The van der Waals surface area contributed by atoms with Gasteiger partial charge in [0.05, 0.1) is 11.9 Å². The van der Waals surface area contributed by atoms with E-state index in [1.807, 2.05) is 6.07 Å². The van der Waals surface area contributed by atoms with Crippen LogP contribution in [0, 0.1) is 0 Å². The summed E-state index contributed by atoms with van der Waals surface area (Å²) in [5, 5.41) is 8.63. The summed E-state index contributed by atoms with van der Waals surface area (Å²) >= 11 is 0. The van der Waals surface area contributed by atoms with E-state index in [2.05, 4.69) is 27.1 Å². The predicted molar refractivity (Wildman–Crippen MR) is 44.5 cm³/mol. The van der Waals surface area contributed by atoms with Gasteiger partial charge in [0.1, 0.15) is 6.33 Å². The van der Waals surface area contributed by atoms with Crippen molar-refractivity contribution in [3.05, 3.63) is 24.3 Å². The third-order valence-corrected chi connectivity index (χ3v) is 1.74. The second-order valence-corrected chi connectivity index (χ2v) is 2.44. The SMILES string of the molecule is CCc1ncnc2nnccc12. The molecule has 2 aromatic heterocycles. The fraction of sp³-hybridized carbons (Fsp3) is 0.250. The molecular formula is C8H8N4. The molecule has 0 amide bonds. The summed E-state index contributed by atoms with van der Waals surface area (Å²) in [4.78, 5) is 8.15. The van der Waals surface area contributed by atoms with Crippen molar-refractivity contribution in [2.24, 2.45) is 0 Å². The van der Waals surface area contributed by atoms with Gasteiger partial charge in [-0.1, -0.05) is 6.92 Å². The van der Waals surface area contributed by atoms with E-state index >= 15 is 0 Å². The van der Waals surface area contributed by atoms with Gasteiger partial charge >= 0.3 is 0 Å². The summed E-state index contributed by atoms with van der Waals surface area (Å²) in [6.07, 6.45) is 4.07. The molecule has 0 saturated heterocycles. The topological polar surface area (TPSA) is 51.6 Å². The molecular weight excluding hydrogens is 152 g/mol. The molecule has 2 aromatic rings. The molecule has 0 radical (unpaired) electrons. The molecule has 0 bridgehead atoms. The summed E-state index contributed by atoms with van der Waals surface area (Å²) in [6.45, 7) is 2.06. The molecule has 0 unspecified atom stereocenters. The lowest BCUT2D eigenvalue weighted by Gasteiger charge is -1.98. The van der Waals surface area contributed by atoms with E-state index in [1.165, 1.54) is 6.33 Å². The maximum absolute atomic E-state index is 4.15. The Bertz CT molecular complexity index is 394. The summed E-state index contributed by atoms with van der Waals surface area (Å²) < 4.78 is 0. The second kappa shape index (κ2) is 2.81. The van der Waals surface area contributed by atoms with Gasteiger partial charge in [-0.3, -0.25) is 0 Å². The molecule has 0 saturated carbocycles. The molecule has 2 heterocycles. The maximum Gasteiger partial charge on any atom is 0.185 e. The van der Waals surface area contributed by atoms with Crippen LogP contribution in [0.2, 0.25) is 0 Å². The monoisotopic (exact) mass is 160 g/mol. The molecule has 4 heteroatoms.